The fraction of sp³-hybridized carbons (Fsp3) is 0.600. The van der Waals surface area contributed by atoms with E-state index >= 15 is 0 Å². The number of aliphatic hydroxyl groups excluding tert-OH is 1. The van der Waals surface area contributed by atoms with Crippen molar-refractivity contribution in [2.45, 2.75) is 50.8 Å². The Balaban J connectivity index is 2.21. The van der Waals surface area contributed by atoms with Crippen LogP contribution in [0, 0.1) is 0 Å². The minimum Gasteiger partial charge on any atom is -0.391 e. The number of likely N-dealkylation sites (N-methyl/N-ethyl adjacent to an activating group) is 1. The van der Waals surface area contributed by atoms with Gasteiger partial charge in [0.2, 0.25) is 0 Å². The monoisotopic (exact) mass is 326 g/mol. The first-order valence-electron chi connectivity index (χ1n) is 6.96. The second-order valence-corrected chi connectivity index (χ2v) is 6.38. The van der Waals surface area contributed by atoms with E-state index in [1.54, 1.807) is 0 Å². The molecule has 0 bridgehead atoms. The Morgan fingerprint density at radius 2 is 2.05 bits per heavy atom. The van der Waals surface area contributed by atoms with Gasteiger partial charge in [0, 0.05) is 17.6 Å². The summed E-state index contributed by atoms with van der Waals surface area (Å²) in [5.74, 6) is 0. The van der Waals surface area contributed by atoms with E-state index in [0.717, 1.165) is 35.0 Å². The molecule has 1 aliphatic carbocycles. The predicted molar refractivity (Wildman–Crippen MR) is 83.4 cm³/mol. The van der Waals surface area contributed by atoms with Gasteiger partial charge in [0.15, 0.2) is 0 Å². The van der Waals surface area contributed by atoms with Crippen LogP contribution in [0.15, 0.2) is 22.7 Å². The molecule has 1 aromatic carbocycles. The summed E-state index contributed by atoms with van der Waals surface area (Å²) in [4.78, 5) is 2.19. The molecule has 0 radical (unpaired) electrons. The van der Waals surface area contributed by atoms with E-state index in [0.29, 0.717) is 0 Å². The summed E-state index contributed by atoms with van der Waals surface area (Å²) in [5, 5.41) is 10.2. The summed E-state index contributed by atoms with van der Waals surface area (Å²) in [5.41, 5.74) is 8.14. The largest absolute Gasteiger partial charge is 0.391 e. The van der Waals surface area contributed by atoms with Crippen LogP contribution in [0.3, 0.4) is 0 Å². The summed E-state index contributed by atoms with van der Waals surface area (Å²) in [6.45, 7) is 1.98. The molecule has 3 N–H and O–H groups in total. The van der Waals surface area contributed by atoms with Crippen molar-refractivity contribution >= 4 is 21.6 Å². The summed E-state index contributed by atoms with van der Waals surface area (Å²) >= 11 is 3.62. The van der Waals surface area contributed by atoms with Crippen LogP contribution in [0.2, 0.25) is 0 Å². The van der Waals surface area contributed by atoms with Crippen LogP contribution in [-0.4, -0.2) is 24.3 Å². The molecule has 19 heavy (non-hydrogen) atoms. The Morgan fingerprint density at radius 1 is 1.37 bits per heavy atom. The summed E-state index contributed by atoms with van der Waals surface area (Å²) in [6.07, 6.45) is 4.07. The smallest absolute Gasteiger partial charge is 0.0743 e. The van der Waals surface area contributed by atoms with E-state index < -0.39 is 0 Å². The molecule has 2 rings (SSSR count). The van der Waals surface area contributed by atoms with Crippen LogP contribution < -0.4 is 10.6 Å². The Morgan fingerprint density at radius 3 is 2.63 bits per heavy atom. The number of halogens is 1. The maximum absolute atomic E-state index is 10.2. The van der Waals surface area contributed by atoms with Crippen molar-refractivity contribution in [2.24, 2.45) is 5.73 Å². The SMILES string of the molecule is C[C@H](N)c1ccc(N(C)C2CCCCC2O)c(Br)c1. The molecule has 3 nitrogen and oxygen atoms in total. The topological polar surface area (TPSA) is 49.5 Å². The van der Waals surface area contributed by atoms with Crippen LogP contribution in [0.25, 0.3) is 0 Å². The average Bonchev–Trinajstić information content (AvgIpc) is 2.38. The Labute approximate surface area is 123 Å². The van der Waals surface area contributed by atoms with Crippen LogP contribution in [0.1, 0.15) is 44.2 Å². The summed E-state index contributed by atoms with van der Waals surface area (Å²) < 4.78 is 1.04. The van der Waals surface area contributed by atoms with Crippen molar-refractivity contribution < 1.29 is 5.11 Å². The van der Waals surface area contributed by atoms with E-state index in [2.05, 4.69) is 46.1 Å². The summed E-state index contributed by atoms with van der Waals surface area (Å²) in [6, 6.07) is 6.48. The third-order valence-corrected chi connectivity index (χ3v) is 4.70. The lowest BCUT2D eigenvalue weighted by Gasteiger charge is -2.37. The van der Waals surface area contributed by atoms with Gasteiger partial charge in [-0.3, -0.25) is 0 Å². The standard InChI is InChI=1S/C15H23BrN2O/c1-10(17)11-7-8-13(12(16)9-11)18(2)14-5-3-4-6-15(14)19/h7-10,14-15,19H,3-6,17H2,1-2H3/t10-,14?,15?/m0/s1. The number of anilines is 1. The Bertz CT molecular complexity index is 436. The lowest BCUT2D eigenvalue weighted by atomic mass is 9.91. The second kappa shape index (κ2) is 6.25. The van der Waals surface area contributed by atoms with E-state index in [9.17, 15) is 5.11 Å². The molecule has 2 unspecified atom stereocenters. The van der Waals surface area contributed by atoms with Gasteiger partial charge in [-0.2, -0.15) is 0 Å². The van der Waals surface area contributed by atoms with Gasteiger partial charge in [0.1, 0.15) is 0 Å². The van der Waals surface area contributed by atoms with Crippen LogP contribution >= 0.6 is 15.9 Å². The van der Waals surface area contributed by atoms with Crippen molar-refractivity contribution in [1.29, 1.82) is 0 Å². The van der Waals surface area contributed by atoms with Crippen molar-refractivity contribution in [3.8, 4) is 0 Å². The highest BCUT2D eigenvalue weighted by Crippen LogP contribution is 2.33. The number of benzene rings is 1. The van der Waals surface area contributed by atoms with Crippen molar-refractivity contribution in [1.82, 2.24) is 0 Å². The van der Waals surface area contributed by atoms with Gasteiger partial charge in [-0.15, -0.1) is 0 Å². The Hall–Kier alpha value is -0.580. The number of rotatable bonds is 3. The lowest BCUT2D eigenvalue weighted by molar-refractivity contribution is 0.106. The molecule has 1 aliphatic rings. The molecule has 1 aromatic rings. The zero-order valence-corrected chi connectivity index (χ0v) is 13.2. The number of hydrogen-bond acceptors (Lipinski definition) is 3. The van der Waals surface area contributed by atoms with Gasteiger partial charge in [-0.1, -0.05) is 18.9 Å². The molecule has 0 aliphatic heterocycles. The highest BCUT2D eigenvalue weighted by molar-refractivity contribution is 9.10. The highest BCUT2D eigenvalue weighted by Gasteiger charge is 2.27. The molecule has 1 fully saturated rings. The molecule has 1 saturated carbocycles. The quantitative estimate of drug-likeness (QED) is 0.896. The minimum atomic E-state index is -0.223. The van der Waals surface area contributed by atoms with Gasteiger partial charge < -0.3 is 15.7 Å². The first-order chi connectivity index (χ1) is 9.00. The van der Waals surface area contributed by atoms with Crippen LogP contribution in [0.5, 0.6) is 0 Å². The van der Waals surface area contributed by atoms with E-state index in [4.69, 9.17) is 5.73 Å². The third kappa shape index (κ3) is 3.30. The van der Waals surface area contributed by atoms with Gasteiger partial charge in [-0.25, -0.2) is 0 Å². The minimum absolute atomic E-state index is 0.0379. The number of hydrogen-bond donors (Lipinski definition) is 2. The van der Waals surface area contributed by atoms with Crippen molar-refractivity contribution in [3.05, 3.63) is 28.2 Å². The average molecular weight is 327 g/mol. The molecule has 106 valence electrons. The van der Waals surface area contributed by atoms with Crippen molar-refractivity contribution in [3.63, 3.8) is 0 Å². The fourth-order valence-electron chi connectivity index (χ4n) is 2.81. The first kappa shape index (κ1) is 14.8. The Kier molecular flexibility index (Phi) is 4.87. The molecule has 0 saturated heterocycles. The molecular weight excluding hydrogens is 304 g/mol. The zero-order chi connectivity index (χ0) is 14.0. The van der Waals surface area contributed by atoms with Gasteiger partial charge >= 0.3 is 0 Å². The maximum atomic E-state index is 10.2. The second-order valence-electron chi connectivity index (χ2n) is 5.53. The van der Waals surface area contributed by atoms with Crippen LogP contribution in [0.4, 0.5) is 5.69 Å². The zero-order valence-electron chi connectivity index (χ0n) is 11.6. The van der Waals surface area contributed by atoms with Crippen LogP contribution in [-0.2, 0) is 0 Å². The molecule has 4 heteroatoms. The summed E-state index contributed by atoms with van der Waals surface area (Å²) in [7, 11) is 2.06. The van der Waals surface area contributed by atoms with Gasteiger partial charge in [-0.05, 0) is 53.4 Å². The molecule has 0 aromatic heterocycles. The number of nitrogens with zero attached hydrogens (tertiary/aromatic N) is 1. The van der Waals surface area contributed by atoms with E-state index in [1.165, 1.54) is 6.42 Å². The van der Waals surface area contributed by atoms with Gasteiger partial charge in [0.05, 0.1) is 17.8 Å². The normalized spacial score (nSPS) is 25.1. The molecule has 0 amide bonds. The third-order valence-electron chi connectivity index (χ3n) is 4.07. The van der Waals surface area contributed by atoms with E-state index in [1.807, 2.05) is 6.92 Å². The molecule has 0 heterocycles. The van der Waals surface area contributed by atoms with Crippen molar-refractivity contribution in [2.75, 3.05) is 11.9 Å². The fourth-order valence-corrected chi connectivity index (χ4v) is 3.49. The number of aliphatic hydroxyl groups is 1. The first-order valence-corrected chi connectivity index (χ1v) is 7.76. The van der Waals surface area contributed by atoms with E-state index in [-0.39, 0.29) is 18.2 Å². The molecule has 3 atom stereocenters. The lowest BCUT2D eigenvalue weighted by Crippen LogP contribution is -2.43. The molecule has 0 spiro atoms. The number of nitrogens with two attached hydrogens (primary N) is 1. The predicted octanol–water partition coefficient (Wildman–Crippen LogP) is 3.21. The highest BCUT2D eigenvalue weighted by atomic mass is 79.9. The molecular formula is C15H23BrN2O. The van der Waals surface area contributed by atoms with Gasteiger partial charge in [0.25, 0.3) is 0 Å². The maximum Gasteiger partial charge on any atom is 0.0743 e.